The number of phosphoric ester groups is 2. The van der Waals surface area contributed by atoms with Gasteiger partial charge in [-0.15, -0.1) is 0 Å². The lowest BCUT2D eigenvalue weighted by atomic mass is 10.0. The van der Waals surface area contributed by atoms with Crippen LogP contribution in [0.5, 0.6) is 0 Å². The number of unbranched alkanes of at least 4 members (excludes halogenated alkanes) is 36. The van der Waals surface area contributed by atoms with Gasteiger partial charge in [0, 0.05) is 25.7 Å². The van der Waals surface area contributed by atoms with E-state index in [-0.39, 0.29) is 25.7 Å². The predicted octanol–water partition coefficient (Wildman–Crippen LogP) is 17.8. The Balaban J connectivity index is 5.19. The Labute approximate surface area is 505 Å². The van der Waals surface area contributed by atoms with Crippen molar-refractivity contribution in [1.82, 2.24) is 0 Å². The molecule has 0 aliphatic heterocycles. The summed E-state index contributed by atoms with van der Waals surface area (Å²) in [4.78, 5) is 72.1. The highest BCUT2D eigenvalue weighted by Gasteiger charge is 2.30. The molecule has 0 amide bonds. The van der Waals surface area contributed by atoms with Crippen molar-refractivity contribution in [2.75, 3.05) is 39.6 Å². The van der Waals surface area contributed by atoms with E-state index in [1.807, 2.05) is 0 Å². The van der Waals surface area contributed by atoms with E-state index >= 15 is 0 Å². The minimum absolute atomic E-state index is 0.106. The quantitative estimate of drug-likeness (QED) is 0.0222. The average molecular weight is 1230 g/mol. The summed E-state index contributed by atoms with van der Waals surface area (Å²) in [5.41, 5.74) is 0. The van der Waals surface area contributed by atoms with Gasteiger partial charge in [-0.3, -0.25) is 37.3 Å². The van der Waals surface area contributed by atoms with Crippen molar-refractivity contribution in [1.29, 1.82) is 0 Å². The second kappa shape index (κ2) is 57.8. The highest BCUT2D eigenvalue weighted by atomic mass is 31.2. The summed E-state index contributed by atoms with van der Waals surface area (Å²) in [6.45, 7) is 7.09. The molecule has 0 bridgehead atoms. The van der Waals surface area contributed by atoms with Crippen LogP contribution >= 0.6 is 15.6 Å². The molecule has 0 aromatic rings. The minimum atomic E-state index is -4.94. The summed E-state index contributed by atoms with van der Waals surface area (Å²) in [7, 11) is -9.88. The summed E-state index contributed by atoms with van der Waals surface area (Å²) in [6, 6.07) is 0. The zero-order chi connectivity index (χ0) is 61.3. The van der Waals surface area contributed by atoms with E-state index in [0.29, 0.717) is 31.6 Å². The molecule has 492 valence electrons. The fraction of sp³-hybridized carbons (Fsp3) is 0.938. The van der Waals surface area contributed by atoms with Gasteiger partial charge in [-0.2, -0.15) is 0 Å². The second-order valence-corrected chi connectivity index (χ2v) is 26.5. The standard InChI is InChI=1S/C64H124O17P2/c1-6-9-12-15-18-21-22-23-24-25-26-27-30-33-40-45-50-64(69)81-60(54-75-62(67)48-43-38-35-34-36-41-46-57(4)5)56-79-83(72,73)77-52-58(65)51-76-82(70,71)78-55-59(80-63(68)49-44-39-32-29-20-17-14-11-8-3)53-74-61(66)47-42-37-31-28-19-16-13-10-7-2/h57-60,65H,6-56H2,1-5H3,(H,70,71)(H,72,73)/t58-,59+,60+/m0/s1. The molecule has 0 fully saturated rings. The van der Waals surface area contributed by atoms with Gasteiger partial charge in [-0.25, -0.2) is 9.13 Å². The molecule has 83 heavy (non-hydrogen) atoms. The van der Waals surface area contributed by atoms with Crippen LogP contribution in [0, 0.1) is 5.92 Å². The summed E-state index contributed by atoms with van der Waals surface area (Å²) in [5.74, 6) is -1.46. The maximum Gasteiger partial charge on any atom is 0.472 e. The van der Waals surface area contributed by atoms with Crippen molar-refractivity contribution in [2.24, 2.45) is 5.92 Å². The summed E-state index contributed by atoms with van der Waals surface area (Å²) in [5, 5.41) is 10.5. The van der Waals surface area contributed by atoms with Gasteiger partial charge < -0.3 is 33.8 Å². The number of rotatable bonds is 64. The Bertz CT molecular complexity index is 1620. The number of aliphatic hydroxyl groups excluding tert-OH is 1. The first kappa shape index (κ1) is 81.1. The molecule has 0 aliphatic carbocycles. The number of phosphoric acid groups is 2. The molecule has 2 unspecified atom stereocenters. The van der Waals surface area contributed by atoms with Crippen molar-refractivity contribution in [3.8, 4) is 0 Å². The zero-order valence-corrected chi connectivity index (χ0v) is 55.1. The third-order valence-electron chi connectivity index (χ3n) is 14.8. The molecular weight excluding hydrogens is 1100 g/mol. The van der Waals surface area contributed by atoms with Crippen LogP contribution in [-0.2, 0) is 65.4 Å². The van der Waals surface area contributed by atoms with Gasteiger partial charge in [0.2, 0.25) is 0 Å². The highest BCUT2D eigenvalue weighted by Crippen LogP contribution is 2.45. The molecule has 0 saturated carbocycles. The number of esters is 4. The Kier molecular flexibility index (Phi) is 56.4. The van der Waals surface area contributed by atoms with E-state index in [0.717, 1.165) is 96.3 Å². The lowest BCUT2D eigenvalue weighted by Gasteiger charge is -2.21. The molecule has 0 rings (SSSR count). The van der Waals surface area contributed by atoms with Crippen LogP contribution in [0.25, 0.3) is 0 Å². The van der Waals surface area contributed by atoms with Gasteiger partial charge in [0.1, 0.15) is 19.3 Å². The lowest BCUT2D eigenvalue weighted by Crippen LogP contribution is -2.30. The van der Waals surface area contributed by atoms with Crippen molar-refractivity contribution >= 4 is 39.5 Å². The van der Waals surface area contributed by atoms with Crippen molar-refractivity contribution < 1.29 is 80.2 Å². The number of hydrogen-bond acceptors (Lipinski definition) is 15. The van der Waals surface area contributed by atoms with E-state index < -0.39 is 97.5 Å². The van der Waals surface area contributed by atoms with E-state index in [1.165, 1.54) is 141 Å². The van der Waals surface area contributed by atoms with Gasteiger partial charge in [0.25, 0.3) is 0 Å². The van der Waals surface area contributed by atoms with Crippen molar-refractivity contribution in [2.45, 2.75) is 342 Å². The van der Waals surface area contributed by atoms with E-state index in [4.69, 9.17) is 37.0 Å². The van der Waals surface area contributed by atoms with E-state index in [2.05, 4.69) is 34.6 Å². The Hall–Kier alpha value is -1.94. The molecule has 3 N–H and O–H groups in total. The molecule has 0 aromatic carbocycles. The van der Waals surface area contributed by atoms with Gasteiger partial charge in [0.15, 0.2) is 12.2 Å². The average Bonchev–Trinajstić information content (AvgIpc) is 3.45. The largest absolute Gasteiger partial charge is 0.472 e. The van der Waals surface area contributed by atoms with Crippen LogP contribution in [0.4, 0.5) is 0 Å². The van der Waals surface area contributed by atoms with Gasteiger partial charge in [0.05, 0.1) is 26.4 Å². The van der Waals surface area contributed by atoms with Gasteiger partial charge in [-0.05, 0) is 31.6 Å². The minimum Gasteiger partial charge on any atom is -0.462 e. The number of hydrogen-bond donors (Lipinski definition) is 3. The Morgan fingerprint density at radius 3 is 0.819 bits per heavy atom. The topological polar surface area (TPSA) is 237 Å². The third-order valence-corrected chi connectivity index (χ3v) is 16.7. The molecule has 17 nitrogen and oxygen atoms in total. The van der Waals surface area contributed by atoms with Crippen LogP contribution in [0.3, 0.4) is 0 Å². The smallest absolute Gasteiger partial charge is 0.462 e. The molecule has 0 aromatic heterocycles. The maximum absolute atomic E-state index is 13.0. The first-order valence-corrected chi connectivity index (χ1v) is 36.6. The Morgan fingerprint density at radius 1 is 0.325 bits per heavy atom. The Morgan fingerprint density at radius 2 is 0.554 bits per heavy atom. The van der Waals surface area contributed by atoms with Crippen molar-refractivity contribution in [3.05, 3.63) is 0 Å². The lowest BCUT2D eigenvalue weighted by molar-refractivity contribution is -0.161. The first-order valence-electron chi connectivity index (χ1n) is 33.6. The molecule has 0 aliphatic rings. The molecular formula is C64H124O17P2. The van der Waals surface area contributed by atoms with Crippen LogP contribution in [-0.4, -0.2) is 96.7 Å². The van der Waals surface area contributed by atoms with Gasteiger partial charge in [-0.1, -0.05) is 272 Å². The summed E-state index contributed by atoms with van der Waals surface area (Å²) >= 11 is 0. The first-order chi connectivity index (χ1) is 40.0. The van der Waals surface area contributed by atoms with Crippen LogP contribution in [0.1, 0.15) is 324 Å². The number of aliphatic hydroxyl groups is 1. The number of carbonyl (C=O) groups excluding carboxylic acids is 4. The van der Waals surface area contributed by atoms with Crippen LogP contribution < -0.4 is 0 Å². The molecule has 0 radical (unpaired) electrons. The SMILES string of the molecule is CCCCCCCCCCCCCCCCCCC(=O)O[C@H](COC(=O)CCCCCCCCC(C)C)COP(=O)(O)OC[C@@H](O)COP(=O)(O)OC[C@@H](COC(=O)CCCCCCCCCCC)OC(=O)CCCCCCCCCCC. The monoisotopic (exact) mass is 1230 g/mol. The van der Waals surface area contributed by atoms with Gasteiger partial charge >= 0.3 is 39.5 Å². The molecule has 5 atom stereocenters. The van der Waals surface area contributed by atoms with Crippen LogP contribution in [0.15, 0.2) is 0 Å². The third kappa shape index (κ3) is 58.8. The second-order valence-electron chi connectivity index (χ2n) is 23.6. The molecule has 0 saturated heterocycles. The maximum atomic E-state index is 13.0. The number of carbonyl (C=O) groups is 4. The fourth-order valence-electron chi connectivity index (χ4n) is 9.58. The van der Waals surface area contributed by atoms with Crippen molar-refractivity contribution in [3.63, 3.8) is 0 Å². The summed E-state index contributed by atoms with van der Waals surface area (Å²) < 4.78 is 67.9. The van der Waals surface area contributed by atoms with E-state index in [9.17, 15) is 43.2 Å². The van der Waals surface area contributed by atoms with Crippen LogP contribution in [0.2, 0.25) is 0 Å². The summed E-state index contributed by atoms with van der Waals surface area (Å²) in [6.07, 6.45) is 41.8. The zero-order valence-electron chi connectivity index (χ0n) is 53.3. The molecule has 19 heteroatoms. The number of ether oxygens (including phenoxy) is 4. The molecule has 0 heterocycles. The molecule has 0 spiro atoms. The predicted molar refractivity (Wildman–Crippen MR) is 331 cm³/mol. The normalized spacial score (nSPS) is 14.2. The highest BCUT2D eigenvalue weighted by molar-refractivity contribution is 7.47. The van der Waals surface area contributed by atoms with E-state index in [1.54, 1.807) is 0 Å². The fourth-order valence-corrected chi connectivity index (χ4v) is 11.2.